The number of hydrogen-bond donors (Lipinski definition) is 0. The quantitative estimate of drug-likeness (QED) is 0.785. The lowest BCUT2D eigenvalue weighted by Gasteiger charge is -2.05. The van der Waals surface area contributed by atoms with Crippen LogP contribution in [0.15, 0.2) is 48.5 Å². The Balaban J connectivity index is 0.00000144. The predicted octanol–water partition coefficient (Wildman–Crippen LogP) is 4.64. The van der Waals surface area contributed by atoms with Crippen LogP contribution >= 0.6 is 0 Å². The second-order valence-corrected chi connectivity index (χ2v) is 3.46. The SMILES string of the molecule is C.C.COc1ccc(-c2ccc(OC)cc2)cc1. The van der Waals surface area contributed by atoms with E-state index in [9.17, 15) is 0 Å². The van der Waals surface area contributed by atoms with Crippen LogP contribution in [0.3, 0.4) is 0 Å². The van der Waals surface area contributed by atoms with Crippen molar-refractivity contribution < 1.29 is 9.47 Å². The van der Waals surface area contributed by atoms with Gasteiger partial charge < -0.3 is 9.47 Å². The summed E-state index contributed by atoms with van der Waals surface area (Å²) in [6, 6.07) is 16.0. The van der Waals surface area contributed by atoms with Crippen molar-refractivity contribution in [2.45, 2.75) is 14.9 Å². The first-order valence-electron chi connectivity index (χ1n) is 5.12. The van der Waals surface area contributed by atoms with Crippen molar-refractivity contribution >= 4 is 0 Å². The van der Waals surface area contributed by atoms with Crippen LogP contribution in [0.5, 0.6) is 11.5 Å². The lowest BCUT2D eigenvalue weighted by Crippen LogP contribution is -1.84. The molecule has 0 amide bonds. The van der Waals surface area contributed by atoms with E-state index in [1.807, 2.05) is 48.5 Å². The van der Waals surface area contributed by atoms with Crippen molar-refractivity contribution in [2.75, 3.05) is 14.2 Å². The van der Waals surface area contributed by atoms with Crippen LogP contribution in [0.2, 0.25) is 0 Å². The van der Waals surface area contributed by atoms with E-state index in [1.165, 1.54) is 11.1 Å². The lowest BCUT2D eigenvalue weighted by molar-refractivity contribution is 0.414. The summed E-state index contributed by atoms with van der Waals surface area (Å²) < 4.78 is 10.2. The summed E-state index contributed by atoms with van der Waals surface area (Å²) in [5.41, 5.74) is 2.34. The third-order valence-electron chi connectivity index (χ3n) is 2.51. The lowest BCUT2D eigenvalue weighted by atomic mass is 10.1. The van der Waals surface area contributed by atoms with Crippen LogP contribution in [0, 0.1) is 0 Å². The fourth-order valence-electron chi connectivity index (χ4n) is 1.57. The zero-order valence-corrected chi connectivity index (χ0v) is 9.44. The van der Waals surface area contributed by atoms with Gasteiger partial charge in [-0.1, -0.05) is 39.1 Å². The van der Waals surface area contributed by atoms with Gasteiger partial charge in [0, 0.05) is 0 Å². The standard InChI is InChI=1S/C14H14O2.2CH4/c1-15-13-7-3-11(4-8-13)12-5-9-14(16-2)10-6-12;;/h3-10H,1-2H3;2*1H4. The predicted molar refractivity (Wildman–Crippen MR) is 78.4 cm³/mol. The van der Waals surface area contributed by atoms with Crippen molar-refractivity contribution in [3.63, 3.8) is 0 Å². The topological polar surface area (TPSA) is 18.5 Å². The van der Waals surface area contributed by atoms with Crippen molar-refractivity contribution in [1.82, 2.24) is 0 Å². The van der Waals surface area contributed by atoms with Gasteiger partial charge in [-0.05, 0) is 35.4 Å². The Labute approximate surface area is 110 Å². The summed E-state index contributed by atoms with van der Waals surface area (Å²) in [5.74, 6) is 1.74. The van der Waals surface area contributed by atoms with Crippen LogP contribution < -0.4 is 9.47 Å². The van der Waals surface area contributed by atoms with Gasteiger partial charge in [0.1, 0.15) is 11.5 Å². The third-order valence-corrected chi connectivity index (χ3v) is 2.51. The summed E-state index contributed by atoms with van der Waals surface area (Å²) in [6.45, 7) is 0. The first-order chi connectivity index (χ1) is 7.83. The van der Waals surface area contributed by atoms with E-state index in [4.69, 9.17) is 9.47 Å². The number of hydrogen-bond acceptors (Lipinski definition) is 2. The first kappa shape index (κ1) is 16.0. The molecule has 18 heavy (non-hydrogen) atoms. The van der Waals surface area contributed by atoms with Gasteiger partial charge in [0.05, 0.1) is 14.2 Å². The Hall–Kier alpha value is -1.96. The van der Waals surface area contributed by atoms with Crippen LogP contribution in [-0.4, -0.2) is 14.2 Å². The minimum atomic E-state index is 0. The zero-order valence-electron chi connectivity index (χ0n) is 9.44. The van der Waals surface area contributed by atoms with E-state index >= 15 is 0 Å². The largest absolute Gasteiger partial charge is 0.497 e. The number of benzene rings is 2. The van der Waals surface area contributed by atoms with E-state index in [-0.39, 0.29) is 14.9 Å². The molecule has 98 valence electrons. The molecule has 0 saturated heterocycles. The highest BCUT2D eigenvalue weighted by Crippen LogP contribution is 2.24. The Morgan fingerprint density at radius 2 is 0.833 bits per heavy atom. The summed E-state index contributed by atoms with van der Waals surface area (Å²) in [6.07, 6.45) is 0. The zero-order chi connectivity index (χ0) is 11.4. The number of methoxy groups -OCH3 is 2. The summed E-state index contributed by atoms with van der Waals surface area (Å²) in [4.78, 5) is 0. The molecule has 2 nitrogen and oxygen atoms in total. The first-order valence-corrected chi connectivity index (χ1v) is 5.12. The van der Waals surface area contributed by atoms with Crippen molar-refractivity contribution in [1.29, 1.82) is 0 Å². The van der Waals surface area contributed by atoms with Gasteiger partial charge in [-0.25, -0.2) is 0 Å². The van der Waals surface area contributed by atoms with Gasteiger partial charge in [-0.2, -0.15) is 0 Å². The van der Waals surface area contributed by atoms with E-state index in [0.717, 1.165) is 11.5 Å². The molecule has 0 atom stereocenters. The van der Waals surface area contributed by atoms with Crippen molar-refractivity contribution in [3.8, 4) is 22.6 Å². The van der Waals surface area contributed by atoms with Gasteiger partial charge in [-0.3, -0.25) is 0 Å². The van der Waals surface area contributed by atoms with Crippen molar-refractivity contribution in [3.05, 3.63) is 48.5 Å². The molecule has 0 heterocycles. The number of ether oxygens (including phenoxy) is 2. The van der Waals surface area contributed by atoms with Crippen molar-refractivity contribution in [2.24, 2.45) is 0 Å². The summed E-state index contributed by atoms with van der Waals surface area (Å²) in [7, 11) is 3.34. The smallest absolute Gasteiger partial charge is 0.118 e. The fourth-order valence-corrected chi connectivity index (χ4v) is 1.57. The second-order valence-electron chi connectivity index (χ2n) is 3.46. The molecule has 2 aromatic carbocycles. The second kappa shape index (κ2) is 7.38. The Morgan fingerprint density at radius 1 is 0.556 bits per heavy atom. The third kappa shape index (κ3) is 3.52. The van der Waals surface area contributed by atoms with E-state index in [0.29, 0.717) is 0 Å². The maximum atomic E-state index is 5.12. The molecule has 0 aromatic heterocycles. The monoisotopic (exact) mass is 246 g/mol. The molecule has 0 aliphatic carbocycles. The van der Waals surface area contributed by atoms with E-state index < -0.39 is 0 Å². The highest BCUT2D eigenvalue weighted by atomic mass is 16.5. The molecule has 0 fully saturated rings. The maximum absolute atomic E-state index is 5.12. The summed E-state index contributed by atoms with van der Waals surface area (Å²) >= 11 is 0. The maximum Gasteiger partial charge on any atom is 0.118 e. The normalized spacial score (nSPS) is 8.78. The molecule has 0 N–H and O–H groups in total. The molecule has 0 aliphatic heterocycles. The molecular formula is C16H22O2. The van der Waals surface area contributed by atoms with Gasteiger partial charge >= 0.3 is 0 Å². The number of rotatable bonds is 3. The Bertz CT molecular complexity index is 398. The van der Waals surface area contributed by atoms with Crippen LogP contribution in [-0.2, 0) is 0 Å². The molecule has 2 aromatic rings. The highest BCUT2D eigenvalue weighted by Gasteiger charge is 1.98. The minimum absolute atomic E-state index is 0. The van der Waals surface area contributed by atoms with Crippen LogP contribution in [0.25, 0.3) is 11.1 Å². The van der Waals surface area contributed by atoms with E-state index in [2.05, 4.69) is 0 Å². The minimum Gasteiger partial charge on any atom is -0.497 e. The van der Waals surface area contributed by atoms with Gasteiger partial charge in [-0.15, -0.1) is 0 Å². The molecule has 0 bridgehead atoms. The fraction of sp³-hybridized carbons (Fsp3) is 0.250. The average molecular weight is 246 g/mol. The molecule has 0 saturated carbocycles. The average Bonchev–Trinajstić information content (AvgIpc) is 2.39. The molecule has 0 radical (unpaired) electrons. The van der Waals surface area contributed by atoms with E-state index in [1.54, 1.807) is 14.2 Å². The highest BCUT2D eigenvalue weighted by molar-refractivity contribution is 5.64. The molecule has 0 unspecified atom stereocenters. The van der Waals surface area contributed by atoms with Crippen LogP contribution in [0.4, 0.5) is 0 Å². The Morgan fingerprint density at radius 3 is 1.06 bits per heavy atom. The Kier molecular flexibility index (Phi) is 6.58. The molecule has 0 spiro atoms. The van der Waals surface area contributed by atoms with Gasteiger partial charge in [0.2, 0.25) is 0 Å². The van der Waals surface area contributed by atoms with Gasteiger partial charge in [0.25, 0.3) is 0 Å². The molecule has 0 aliphatic rings. The van der Waals surface area contributed by atoms with Crippen LogP contribution in [0.1, 0.15) is 14.9 Å². The molecular weight excluding hydrogens is 224 g/mol. The molecule has 2 rings (SSSR count). The molecule has 2 heteroatoms. The summed E-state index contributed by atoms with van der Waals surface area (Å²) in [5, 5.41) is 0. The van der Waals surface area contributed by atoms with Gasteiger partial charge in [0.15, 0.2) is 0 Å².